The van der Waals surface area contributed by atoms with Crippen LogP contribution in [0.3, 0.4) is 0 Å². The smallest absolute Gasteiger partial charge is 0.255 e. The molecule has 1 aliphatic carbocycles. The molecular weight excluding hydrogens is 364 g/mol. The van der Waals surface area contributed by atoms with Gasteiger partial charge in [0.15, 0.2) is 5.82 Å². The second-order valence-electron chi connectivity index (χ2n) is 7.55. The topological polar surface area (TPSA) is 72.0 Å². The molecule has 2 heterocycles. The number of aromatic nitrogens is 2. The molecule has 2 aromatic rings. The summed E-state index contributed by atoms with van der Waals surface area (Å²) in [5.41, 5.74) is 1.09. The van der Waals surface area contributed by atoms with Crippen molar-refractivity contribution in [1.29, 1.82) is 0 Å². The summed E-state index contributed by atoms with van der Waals surface area (Å²) < 4.78 is 28.4. The van der Waals surface area contributed by atoms with Crippen LogP contribution in [0.25, 0.3) is 11.4 Å². The van der Waals surface area contributed by atoms with E-state index in [1.54, 1.807) is 0 Å². The van der Waals surface area contributed by atoms with Crippen LogP contribution in [-0.4, -0.2) is 21.7 Å². The molecule has 0 atom stereocenters. The molecule has 1 amide bonds. The third-order valence-corrected chi connectivity index (χ3v) is 5.56. The number of hydrogen-bond acceptors (Lipinski definition) is 4. The minimum Gasteiger partial charge on any atom is -0.346 e. The van der Waals surface area contributed by atoms with Gasteiger partial charge < -0.3 is 5.32 Å². The molecule has 7 heteroatoms. The number of hydrogen-bond donors (Lipinski definition) is 1. The summed E-state index contributed by atoms with van der Waals surface area (Å²) in [6.07, 6.45) is 3.47. The molecule has 1 fully saturated rings. The second-order valence-corrected chi connectivity index (χ2v) is 7.55. The lowest BCUT2D eigenvalue weighted by Gasteiger charge is -2.34. The Kier molecular flexibility index (Phi) is 4.91. The zero-order chi connectivity index (χ0) is 19.8. The van der Waals surface area contributed by atoms with Crippen LogP contribution in [0.1, 0.15) is 54.4 Å². The second kappa shape index (κ2) is 7.37. The van der Waals surface area contributed by atoms with Crippen molar-refractivity contribution in [3.8, 4) is 11.4 Å². The molecule has 146 valence electrons. The van der Waals surface area contributed by atoms with Crippen molar-refractivity contribution in [1.82, 2.24) is 15.3 Å². The fourth-order valence-corrected chi connectivity index (χ4v) is 4.06. The first-order valence-electron chi connectivity index (χ1n) is 9.63. The Balaban J connectivity index is 1.63. The average Bonchev–Trinajstić information content (AvgIpc) is 2.99. The van der Waals surface area contributed by atoms with Gasteiger partial charge in [0.1, 0.15) is 17.4 Å². The Labute approximate surface area is 161 Å². The normalized spacial score (nSPS) is 20.5. The quantitative estimate of drug-likeness (QED) is 0.825. The van der Waals surface area contributed by atoms with E-state index in [1.807, 2.05) is 6.92 Å². The monoisotopic (exact) mass is 385 g/mol. The molecule has 0 bridgehead atoms. The average molecular weight is 385 g/mol. The fourth-order valence-electron chi connectivity index (χ4n) is 4.06. The summed E-state index contributed by atoms with van der Waals surface area (Å²) in [5.74, 6) is -1.18. The molecule has 5 nitrogen and oxygen atoms in total. The van der Waals surface area contributed by atoms with Crippen LogP contribution < -0.4 is 5.32 Å². The van der Waals surface area contributed by atoms with Crippen LogP contribution >= 0.6 is 0 Å². The van der Waals surface area contributed by atoms with Crippen LogP contribution in [0, 0.1) is 23.5 Å². The lowest BCUT2D eigenvalue weighted by atomic mass is 9.70. The van der Waals surface area contributed by atoms with Gasteiger partial charge in [-0.2, -0.15) is 0 Å². The van der Waals surface area contributed by atoms with E-state index >= 15 is 0 Å². The molecule has 4 rings (SSSR count). The first-order valence-corrected chi connectivity index (χ1v) is 9.63. The van der Waals surface area contributed by atoms with Gasteiger partial charge in [0.25, 0.3) is 5.91 Å². The van der Waals surface area contributed by atoms with Gasteiger partial charge in [-0.25, -0.2) is 18.7 Å². The summed E-state index contributed by atoms with van der Waals surface area (Å²) in [4.78, 5) is 32.8. The van der Waals surface area contributed by atoms with Gasteiger partial charge in [0.2, 0.25) is 0 Å². The van der Waals surface area contributed by atoms with Crippen molar-refractivity contribution < 1.29 is 18.4 Å². The maximum atomic E-state index is 14.2. The van der Waals surface area contributed by atoms with Gasteiger partial charge in [-0.1, -0.05) is 13.0 Å². The summed E-state index contributed by atoms with van der Waals surface area (Å²) >= 11 is 0. The lowest BCUT2D eigenvalue weighted by molar-refractivity contribution is -0.126. The zero-order valence-electron chi connectivity index (χ0n) is 15.6. The minimum atomic E-state index is -0.739. The van der Waals surface area contributed by atoms with Gasteiger partial charge in [0.05, 0.1) is 29.1 Å². The van der Waals surface area contributed by atoms with Crippen LogP contribution in [0.5, 0.6) is 0 Å². The molecular formula is C21H21F2N3O2. The minimum absolute atomic E-state index is 0.0428. The van der Waals surface area contributed by atoms with Crippen molar-refractivity contribution in [2.24, 2.45) is 11.8 Å². The molecule has 28 heavy (non-hydrogen) atoms. The van der Waals surface area contributed by atoms with E-state index in [2.05, 4.69) is 15.3 Å². The SMILES string of the molecule is CCCC(=O)C1CC(Cc2nc(-c3c(F)cccc3F)nc3c2C(=O)NC3)C1. The molecule has 1 N–H and O–H groups in total. The summed E-state index contributed by atoms with van der Waals surface area (Å²) in [6.45, 7) is 2.20. The molecule has 0 unspecified atom stereocenters. The summed E-state index contributed by atoms with van der Waals surface area (Å²) in [7, 11) is 0. The highest BCUT2D eigenvalue weighted by atomic mass is 19.1. The number of benzene rings is 1. The maximum absolute atomic E-state index is 14.2. The highest BCUT2D eigenvalue weighted by Gasteiger charge is 2.36. The predicted molar refractivity (Wildman–Crippen MR) is 98.4 cm³/mol. The third kappa shape index (κ3) is 3.30. The van der Waals surface area contributed by atoms with Gasteiger partial charge >= 0.3 is 0 Å². The largest absolute Gasteiger partial charge is 0.346 e. The Morgan fingerprint density at radius 2 is 1.89 bits per heavy atom. The van der Waals surface area contributed by atoms with Crippen molar-refractivity contribution in [3.05, 3.63) is 46.8 Å². The van der Waals surface area contributed by atoms with E-state index in [1.165, 1.54) is 6.07 Å². The number of ketones is 1. The Morgan fingerprint density at radius 3 is 2.57 bits per heavy atom. The molecule has 0 spiro atoms. The number of fused-ring (bicyclic) bond motifs is 1. The summed E-state index contributed by atoms with van der Waals surface area (Å²) in [6, 6.07) is 3.61. The van der Waals surface area contributed by atoms with E-state index < -0.39 is 11.6 Å². The van der Waals surface area contributed by atoms with Crippen molar-refractivity contribution in [3.63, 3.8) is 0 Å². The fraction of sp³-hybridized carbons (Fsp3) is 0.429. The van der Waals surface area contributed by atoms with Crippen molar-refractivity contribution >= 4 is 11.7 Å². The van der Waals surface area contributed by atoms with Gasteiger partial charge in [-0.05, 0) is 43.7 Å². The van der Waals surface area contributed by atoms with E-state index in [0.717, 1.165) is 31.4 Å². The first-order chi connectivity index (χ1) is 13.5. The molecule has 0 radical (unpaired) electrons. The number of amides is 1. The van der Waals surface area contributed by atoms with E-state index in [4.69, 9.17) is 0 Å². The first kappa shape index (κ1) is 18.7. The summed E-state index contributed by atoms with van der Waals surface area (Å²) in [5, 5.41) is 2.70. The predicted octanol–water partition coefficient (Wildman–Crippen LogP) is 3.60. The molecule has 1 aromatic heterocycles. The van der Waals surface area contributed by atoms with Crippen LogP contribution in [0.4, 0.5) is 8.78 Å². The lowest BCUT2D eigenvalue weighted by Crippen LogP contribution is -2.32. The van der Waals surface area contributed by atoms with E-state index in [0.29, 0.717) is 35.6 Å². The van der Waals surface area contributed by atoms with Gasteiger partial charge in [-0.15, -0.1) is 0 Å². The number of Topliss-reactive ketones (excluding diaryl/α,β-unsaturated/α-hetero) is 1. The number of nitrogens with zero attached hydrogens (tertiary/aromatic N) is 2. The number of rotatable bonds is 6. The molecule has 1 aliphatic heterocycles. The van der Waals surface area contributed by atoms with Crippen molar-refractivity contribution in [2.75, 3.05) is 0 Å². The highest BCUT2D eigenvalue weighted by molar-refractivity contribution is 5.99. The number of carbonyl (C=O) groups is 2. The maximum Gasteiger partial charge on any atom is 0.255 e. The number of halogens is 2. The molecule has 1 aromatic carbocycles. The zero-order valence-corrected chi connectivity index (χ0v) is 15.6. The van der Waals surface area contributed by atoms with Crippen molar-refractivity contribution in [2.45, 2.75) is 45.6 Å². The van der Waals surface area contributed by atoms with E-state index in [9.17, 15) is 18.4 Å². The number of carbonyl (C=O) groups excluding carboxylic acids is 2. The highest BCUT2D eigenvalue weighted by Crippen LogP contribution is 2.38. The molecule has 1 saturated carbocycles. The Bertz CT molecular complexity index is 935. The molecule has 2 aliphatic rings. The van der Waals surface area contributed by atoms with Crippen LogP contribution in [-0.2, 0) is 17.8 Å². The van der Waals surface area contributed by atoms with E-state index in [-0.39, 0.29) is 35.7 Å². The van der Waals surface area contributed by atoms with Gasteiger partial charge in [-0.3, -0.25) is 9.59 Å². The Hall–Kier alpha value is -2.70. The number of nitrogens with one attached hydrogen (secondary N) is 1. The standard InChI is InChI=1S/C21H21F2N3O2/c1-2-4-17(27)12-7-11(8-12)9-15-19-16(10-24-21(19)28)26-20(25-15)18-13(22)5-3-6-14(18)23/h3,5-6,11-12H,2,4,7-10H2,1H3,(H,24,28). The molecule has 0 saturated heterocycles. The van der Waals surface area contributed by atoms with Gasteiger partial charge in [0, 0.05) is 12.3 Å². The Morgan fingerprint density at radius 1 is 1.18 bits per heavy atom. The van der Waals surface area contributed by atoms with Crippen LogP contribution in [0.2, 0.25) is 0 Å². The third-order valence-electron chi connectivity index (χ3n) is 5.56. The van der Waals surface area contributed by atoms with Crippen LogP contribution in [0.15, 0.2) is 18.2 Å².